The van der Waals surface area contributed by atoms with Gasteiger partial charge in [-0.05, 0) is 32.0 Å². The minimum atomic E-state index is 0.114. The summed E-state index contributed by atoms with van der Waals surface area (Å²) in [7, 11) is 0. The summed E-state index contributed by atoms with van der Waals surface area (Å²) in [5.41, 5.74) is 1.02. The molecule has 0 aliphatic carbocycles. The largest absolute Gasteiger partial charge is 0.353 e. The molecule has 0 bridgehead atoms. The van der Waals surface area contributed by atoms with E-state index < -0.39 is 0 Å². The lowest BCUT2D eigenvalue weighted by Crippen LogP contribution is -2.35. The lowest BCUT2D eigenvalue weighted by atomic mass is 10.0. The van der Waals surface area contributed by atoms with Crippen LogP contribution in [0.25, 0.3) is 0 Å². The van der Waals surface area contributed by atoms with E-state index in [1.54, 1.807) is 0 Å². The third kappa shape index (κ3) is 5.87. The topological polar surface area (TPSA) is 44.9 Å². The van der Waals surface area contributed by atoms with Gasteiger partial charge in [0.2, 0.25) is 5.91 Å². The number of aromatic amines is 1. The van der Waals surface area contributed by atoms with E-state index in [4.69, 9.17) is 12.2 Å². The molecule has 0 saturated heterocycles. The fourth-order valence-electron chi connectivity index (χ4n) is 2.12. The first-order chi connectivity index (χ1) is 9.06. The summed E-state index contributed by atoms with van der Waals surface area (Å²) in [6.07, 6.45) is 6.04. The average Bonchev–Trinajstić information content (AvgIpc) is 2.65. The number of H-pyrrole nitrogens is 1. The summed E-state index contributed by atoms with van der Waals surface area (Å²) >= 11 is 6.59. The third-order valence-corrected chi connectivity index (χ3v) is 4.49. The van der Waals surface area contributed by atoms with E-state index in [-0.39, 0.29) is 5.91 Å². The van der Waals surface area contributed by atoms with Gasteiger partial charge in [-0.15, -0.1) is 11.3 Å². The van der Waals surface area contributed by atoms with Crippen molar-refractivity contribution in [3.63, 3.8) is 0 Å². The molecule has 1 aromatic rings. The van der Waals surface area contributed by atoms with Crippen LogP contribution >= 0.6 is 23.6 Å². The predicted molar refractivity (Wildman–Crippen MR) is 84.3 cm³/mol. The number of hydrogen-bond acceptors (Lipinski definition) is 3. The molecule has 1 amide bonds. The van der Waals surface area contributed by atoms with Crippen molar-refractivity contribution in [1.82, 2.24) is 10.3 Å². The number of thiazole rings is 1. The highest BCUT2D eigenvalue weighted by molar-refractivity contribution is 7.73. The Kier molecular flexibility index (Phi) is 7.31. The minimum Gasteiger partial charge on any atom is -0.353 e. The lowest BCUT2D eigenvalue weighted by Gasteiger charge is -2.17. The van der Waals surface area contributed by atoms with Crippen LogP contribution in [0.5, 0.6) is 0 Å². The van der Waals surface area contributed by atoms with E-state index >= 15 is 0 Å². The van der Waals surface area contributed by atoms with E-state index in [9.17, 15) is 4.79 Å². The second-order valence-corrected chi connectivity index (χ2v) is 6.71. The highest BCUT2D eigenvalue weighted by Gasteiger charge is 2.13. The zero-order chi connectivity index (χ0) is 14.3. The van der Waals surface area contributed by atoms with Gasteiger partial charge in [0.15, 0.2) is 3.95 Å². The molecular formula is C14H24N2OS2. The maximum absolute atomic E-state index is 12.1. The number of carbonyl (C=O) groups excluding carboxylic acids is 1. The van der Waals surface area contributed by atoms with Crippen molar-refractivity contribution in [3.05, 3.63) is 14.5 Å². The van der Waals surface area contributed by atoms with Crippen LogP contribution in [0.3, 0.4) is 0 Å². The molecule has 19 heavy (non-hydrogen) atoms. The highest BCUT2D eigenvalue weighted by atomic mass is 32.1. The predicted octanol–water partition coefficient (Wildman–Crippen LogP) is 4.13. The molecule has 1 aromatic heterocycles. The second kappa shape index (κ2) is 8.48. The Morgan fingerprint density at radius 3 is 2.63 bits per heavy atom. The Bertz CT molecular complexity index is 451. The van der Waals surface area contributed by atoms with Crippen molar-refractivity contribution in [2.75, 3.05) is 0 Å². The fraction of sp³-hybridized carbons (Fsp3) is 0.714. The number of hydrogen-bond donors (Lipinski definition) is 2. The van der Waals surface area contributed by atoms with Crippen LogP contribution in [0.2, 0.25) is 0 Å². The summed E-state index contributed by atoms with van der Waals surface area (Å²) in [5, 5.41) is 3.16. The van der Waals surface area contributed by atoms with Crippen LogP contribution in [-0.2, 0) is 11.2 Å². The summed E-state index contributed by atoms with van der Waals surface area (Å²) in [5.74, 6) is 0.114. The number of rotatable bonds is 8. The number of carbonyl (C=O) groups is 1. The average molecular weight is 300 g/mol. The van der Waals surface area contributed by atoms with Crippen molar-refractivity contribution >= 4 is 29.5 Å². The van der Waals surface area contributed by atoms with Gasteiger partial charge in [0.1, 0.15) is 0 Å². The van der Waals surface area contributed by atoms with E-state index in [2.05, 4.69) is 24.1 Å². The fourth-order valence-corrected chi connectivity index (χ4v) is 3.41. The van der Waals surface area contributed by atoms with Gasteiger partial charge in [-0.2, -0.15) is 0 Å². The normalized spacial score (nSPS) is 12.4. The van der Waals surface area contributed by atoms with E-state index in [1.165, 1.54) is 24.2 Å². The third-order valence-electron chi connectivity index (χ3n) is 3.15. The zero-order valence-electron chi connectivity index (χ0n) is 12.0. The van der Waals surface area contributed by atoms with Crippen LogP contribution in [0.1, 0.15) is 56.5 Å². The second-order valence-electron chi connectivity index (χ2n) is 4.93. The summed E-state index contributed by atoms with van der Waals surface area (Å²) < 4.78 is 0.747. The number of nitrogens with one attached hydrogen (secondary N) is 2. The first-order valence-electron chi connectivity index (χ1n) is 7.04. The molecule has 5 heteroatoms. The molecule has 0 fully saturated rings. The monoisotopic (exact) mass is 300 g/mol. The molecule has 108 valence electrons. The molecule has 1 heterocycles. The van der Waals surface area contributed by atoms with Gasteiger partial charge in [0.25, 0.3) is 0 Å². The molecule has 1 atom stereocenters. The number of unbranched alkanes of at least 4 members (excludes halogenated alkanes) is 1. The Morgan fingerprint density at radius 1 is 1.37 bits per heavy atom. The van der Waals surface area contributed by atoms with Gasteiger partial charge < -0.3 is 10.3 Å². The number of aryl methyl sites for hydroxylation is 1. The maximum Gasteiger partial charge on any atom is 0.225 e. The molecule has 0 spiro atoms. The molecule has 0 saturated carbocycles. The first kappa shape index (κ1) is 16.4. The first-order valence-corrected chi connectivity index (χ1v) is 8.27. The van der Waals surface area contributed by atoms with Crippen LogP contribution in [0.4, 0.5) is 0 Å². The molecule has 0 aliphatic heterocycles. The van der Waals surface area contributed by atoms with E-state index in [0.717, 1.165) is 33.8 Å². The van der Waals surface area contributed by atoms with Crippen LogP contribution in [0.15, 0.2) is 0 Å². The molecular weight excluding hydrogens is 276 g/mol. The molecule has 1 rings (SSSR count). The van der Waals surface area contributed by atoms with Crippen LogP contribution in [-0.4, -0.2) is 16.9 Å². The van der Waals surface area contributed by atoms with Gasteiger partial charge in [0.05, 0.1) is 6.42 Å². The van der Waals surface area contributed by atoms with Crippen molar-refractivity contribution in [2.24, 2.45) is 0 Å². The standard InChI is InChI=1S/C14H24N2OS2/c1-4-6-8-11(7-5-2)16-13(17)9-12-10(3)15-14(18)19-12/h11H,4-9H2,1-3H3,(H,15,18)(H,16,17). The molecule has 0 aliphatic rings. The van der Waals surface area contributed by atoms with Gasteiger partial charge in [0, 0.05) is 16.6 Å². The van der Waals surface area contributed by atoms with Crippen LogP contribution < -0.4 is 5.32 Å². The molecule has 2 N–H and O–H groups in total. The van der Waals surface area contributed by atoms with Gasteiger partial charge in [-0.25, -0.2) is 0 Å². The van der Waals surface area contributed by atoms with E-state index in [1.807, 2.05) is 6.92 Å². The molecule has 0 radical (unpaired) electrons. The van der Waals surface area contributed by atoms with Crippen molar-refractivity contribution in [3.8, 4) is 0 Å². The van der Waals surface area contributed by atoms with Gasteiger partial charge in [-0.1, -0.05) is 33.1 Å². The lowest BCUT2D eigenvalue weighted by molar-refractivity contribution is -0.121. The SMILES string of the molecule is CCCCC(CCC)NC(=O)Cc1sc(=S)[nH]c1C. The Balaban J connectivity index is 2.52. The van der Waals surface area contributed by atoms with Gasteiger partial charge >= 0.3 is 0 Å². The van der Waals surface area contributed by atoms with Gasteiger partial charge in [-0.3, -0.25) is 4.79 Å². The Hall–Kier alpha value is -0.680. The number of aromatic nitrogens is 1. The number of amides is 1. The molecule has 0 aromatic carbocycles. The van der Waals surface area contributed by atoms with Crippen molar-refractivity contribution in [2.45, 2.75) is 65.3 Å². The van der Waals surface area contributed by atoms with Crippen molar-refractivity contribution in [1.29, 1.82) is 0 Å². The smallest absolute Gasteiger partial charge is 0.225 e. The summed E-state index contributed by atoms with van der Waals surface area (Å²) in [6.45, 7) is 6.31. The minimum absolute atomic E-state index is 0.114. The van der Waals surface area contributed by atoms with Crippen molar-refractivity contribution < 1.29 is 4.79 Å². The quantitative estimate of drug-likeness (QED) is 0.709. The zero-order valence-corrected chi connectivity index (χ0v) is 13.7. The molecule has 1 unspecified atom stereocenters. The Morgan fingerprint density at radius 2 is 2.11 bits per heavy atom. The van der Waals surface area contributed by atoms with Crippen LogP contribution in [0, 0.1) is 10.9 Å². The Labute approximate surface area is 124 Å². The highest BCUT2D eigenvalue weighted by Crippen LogP contribution is 2.15. The van der Waals surface area contributed by atoms with E-state index in [0.29, 0.717) is 12.5 Å². The summed E-state index contributed by atoms with van der Waals surface area (Å²) in [4.78, 5) is 16.2. The molecule has 3 nitrogen and oxygen atoms in total. The summed E-state index contributed by atoms with van der Waals surface area (Å²) in [6, 6.07) is 0.324. The maximum atomic E-state index is 12.1.